The maximum atomic E-state index is 5.56. The van der Waals surface area contributed by atoms with E-state index in [2.05, 4.69) is 48.1 Å². The molecular formula is C15H28N4O2. The fourth-order valence-corrected chi connectivity index (χ4v) is 2.83. The number of rotatable bonds is 7. The molecule has 6 heteroatoms. The third-order valence-electron chi connectivity index (χ3n) is 3.98. The van der Waals surface area contributed by atoms with E-state index in [0.29, 0.717) is 17.9 Å². The average molecular weight is 296 g/mol. The lowest BCUT2D eigenvalue weighted by Gasteiger charge is -2.26. The van der Waals surface area contributed by atoms with Crippen LogP contribution in [0.1, 0.15) is 45.9 Å². The molecule has 0 aromatic carbocycles. The van der Waals surface area contributed by atoms with Crippen LogP contribution >= 0.6 is 0 Å². The van der Waals surface area contributed by atoms with Crippen molar-refractivity contribution >= 4 is 5.95 Å². The van der Waals surface area contributed by atoms with Gasteiger partial charge < -0.3 is 19.5 Å². The van der Waals surface area contributed by atoms with E-state index in [4.69, 9.17) is 9.26 Å². The first kappa shape index (κ1) is 16.2. The van der Waals surface area contributed by atoms with Crippen molar-refractivity contribution in [2.75, 3.05) is 37.7 Å². The molecule has 1 aliphatic rings. The molecule has 0 saturated carbocycles. The topological polar surface area (TPSA) is 63.4 Å². The van der Waals surface area contributed by atoms with Crippen LogP contribution in [-0.4, -0.2) is 49.0 Å². The van der Waals surface area contributed by atoms with Gasteiger partial charge in [-0.3, -0.25) is 0 Å². The number of ether oxygens (including phenoxy) is 1. The third-order valence-corrected chi connectivity index (χ3v) is 3.98. The van der Waals surface area contributed by atoms with Crippen LogP contribution in [0.4, 0.5) is 5.95 Å². The number of morpholine rings is 1. The number of hydrogen-bond donors (Lipinski definition) is 1. The zero-order valence-corrected chi connectivity index (χ0v) is 13.6. The molecule has 1 N–H and O–H groups in total. The van der Waals surface area contributed by atoms with Gasteiger partial charge in [-0.2, -0.15) is 4.98 Å². The Hall–Kier alpha value is -1.14. The van der Waals surface area contributed by atoms with Crippen molar-refractivity contribution in [2.45, 2.75) is 46.1 Å². The summed E-state index contributed by atoms with van der Waals surface area (Å²) in [6, 6.07) is 0.322. The Kier molecular flexibility index (Phi) is 5.99. The van der Waals surface area contributed by atoms with Gasteiger partial charge in [0, 0.05) is 19.1 Å². The summed E-state index contributed by atoms with van der Waals surface area (Å²) in [5, 5.41) is 7.70. The summed E-state index contributed by atoms with van der Waals surface area (Å²) in [5.41, 5.74) is 0. The highest BCUT2D eigenvalue weighted by molar-refractivity contribution is 5.28. The Morgan fingerprint density at radius 2 is 1.95 bits per heavy atom. The standard InChI is InChI=1S/C15H28N4O2/c1-5-6-16-12(4)13(11(2)3)14-17-15(18-21-14)19-7-9-20-10-8-19/h11-13,16H,5-10H2,1-4H3. The fourth-order valence-electron chi connectivity index (χ4n) is 2.83. The molecule has 6 nitrogen and oxygen atoms in total. The Labute approximate surface area is 127 Å². The summed E-state index contributed by atoms with van der Waals surface area (Å²) >= 11 is 0. The van der Waals surface area contributed by atoms with Crippen molar-refractivity contribution in [1.82, 2.24) is 15.5 Å². The van der Waals surface area contributed by atoms with Crippen molar-refractivity contribution < 1.29 is 9.26 Å². The smallest absolute Gasteiger partial charge is 0.266 e. The molecule has 21 heavy (non-hydrogen) atoms. The van der Waals surface area contributed by atoms with Gasteiger partial charge in [-0.05, 0) is 31.0 Å². The predicted molar refractivity (Wildman–Crippen MR) is 82.7 cm³/mol. The molecule has 1 saturated heterocycles. The van der Waals surface area contributed by atoms with Gasteiger partial charge in [-0.25, -0.2) is 0 Å². The highest BCUT2D eigenvalue weighted by atomic mass is 16.5. The van der Waals surface area contributed by atoms with Gasteiger partial charge in [0.25, 0.3) is 5.95 Å². The number of nitrogens with one attached hydrogen (secondary N) is 1. The monoisotopic (exact) mass is 296 g/mol. The lowest BCUT2D eigenvalue weighted by Crippen LogP contribution is -2.37. The Morgan fingerprint density at radius 1 is 1.24 bits per heavy atom. The number of hydrogen-bond acceptors (Lipinski definition) is 6. The summed E-state index contributed by atoms with van der Waals surface area (Å²) < 4.78 is 10.9. The van der Waals surface area contributed by atoms with E-state index in [1.165, 1.54) is 0 Å². The summed E-state index contributed by atoms with van der Waals surface area (Å²) in [4.78, 5) is 6.76. The normalized spacial score (nSPS) is 19.0. The molecule has 2 unspecified atom stereocenters. The lowest BCUT2D eigenvalue weighted by molar-refractivity contribution is 0.121. The summed E-state index contributed by atoms with van der Waals surface area (Å²) in [5.74, 6) is 2.12. The van der Waals surface area contributed by atoms with E-state index < -0.39 is 0 Å². The molecule has 0 bridgehead atoms. The maximum absolute atomic E-state index is 5.56. The summed E-state index contributed by atoms with van der Waals surface area (Å²) in [6.07, 6.45) is 1.12. The zero-order chi connectivity index (χ0) is 15.2. The van der Waals surface area contributed by atoms with Gasteiger partial charge in [0.15, 0.2) is 0 Å². The van der Waals surface area contributed by atoms with Crippen LogP contribution in [0.2, 0.25) is 0 Å². The van der Waals surface area contributed by atoms with Gasteiger partial charge in [0.2, 0.25) is 5.89 Å². The zero-order valence-electron chi connectivity index (χ0n) is 13.6. The minimum atomic E-state index is 0.235. The van der Waals surface area contributed by atoms with Crippen LogP contribution in [0, 0.1) is 5.92 Å². The minimum Gasteiger partial charge on any atom is -0.378 e. The van der Waals surface area contributed by atoms with Crippen LogP contribution in [0.15, 0.2) is 4.52 Å². The molecule has 1 aliphatic heterocycles. The molecule has 1 aromatic rings. The summed E-state index contributed by atoms with van der Waals surface area (Å²) in [6.45, 7) is 12.9. The Balaban J connectivity index is 2.08. The van der Waals surface area contributed by atoms with Crippen molar-refractivity contribution in [2.24, 2.45) is 5.92 Å². The second-order valence-corrected chi connectivity index (χ2v) is 6.04. The largest absolute Gasteiger partial charge is 0.378 e. The predicted octanol–water partition coefficient (Wildman–Crippen LogP) is 2.03. The Bertz CT molecular complexity index is 416. The van der Waals surface area contributed by atoms with Gasteiger partial charge in [-0.15, -0.1) is 0 Å². The molecule has 0 aliphatic carbocycles. The van der Waals surface area contributed by atoms with Gasteiger partial charge >= 0.3 is 0 Å². The van der Waals surface area contributed by atoms with E-state index in [9.17, 15) is 0 Å². The molecule has 1 fully saturated rings. The van der Waals surface area contributed by atoms with Gasteiger partial charge in [0.05, 0.1) is 19.1 Å². The highest BCUT2D eigenvalue weighted by Crippen LogP contribution is 2.28. The molecule has 1 aromatic heterocycles. The molecule has 120 valence electrons. The Morgan fingerprint density at radius 3 is 2.57 bits per heavy atom. The van der Waals surface area contributed by atoms with Crippen molar-refractivity contribution in [1.29, 1.82) is 0 Å². The SMILES string of the molecule is CCCNC(C)C(c1nc(N2CCOCC2)no1)C(C)C. The molecule has 2 heterocycles. The van der Waals surface area contributed by atoms with E-state index in [-0.39, 0.29) is 5.92 Å². The molecule has 2 atom stereocenters. The first-order valence-electron chi connectivity index (χ1n) is 8.03. The molecule has 2 rings (SSSR count). The van der Waals surface area contributed by atoms with Crippen molar-refractivity contribution in [3.05, 3.63) is 5.89 Å². The first-order valence-corrected chi connectivity index (χ1v) is 8.03. The molecular weight excluding hydrogens is 268 g/mol. The number of nitrogens with zero attached hydrogens (tertiary/aromatic N) is 3. The average Bonchev–Trinajstić information content (AvgIpc) is 2.95. The molecule has 0 spiro atoms. The van der Waals surface area contributed by atoms with Gasteiger partial charge in [0.1, 0.15) is 0 Å². The number of aromatic nitrogens is 2. The first-order chi connectivity index (χ1) is 10.1. The van der Waals surface area contributed by atoms with Gasteiger partial charge in [-0.1, -0.05) is 20.8 Å². The van der Waals surface area contributed by atoms with E-state index in [1.807, 2.05) is 0 Å². The second kappa shape index (κ2) is 7.75. The van der Waals surface area contributed by atoms with E-state index >= 15 is 0 Å². The van der Waals surface area contributed by atoms with Crippen LogP contribution in [-0.2, 0) is 4.74 Å². The van der Waals surface area contributed by atoms with E-state index in [1.54, 1.807) is 0 Å². The van der Waals surface area contributed by atoms with Crippen LogP contribution < -0.4 is 10.2 Å². The van der Waals surface area contributed by atoms with Crippen LogP contribution in [0.25, 0.3) is 0 Å². The maximum Gasteiger partial charge on any atom is 0.266 e. The minimum absolute atomic E-state index is 0.235. The second-order valence-electron chi connectivity index (χ2n) is 6.04. The van der Waals surface area contributed by atoms with Crippen LogP contribution in [0.3, 0.4) is 0 Å². The molecule has 0 radical (unpaired) electrons. The number of anilines is 1. The highest BCUT2D eigenvalue weighted by Gasteiger charge is 2.29. The quantitative estimate of drug-likeness (QED) is 0.830. The fraction of sp³-hybridized carbons (Fsp3) is 0.867. The van der Waals surface area contributed by atoms with Crippen LogP contribution in [0.5, 0.6) is 0 Å². The summed E-state index contributed by atoms with van der Waals surface area (Å²) in [7, 11) is 0. The van der Waals surface area contributed by atoms with Crippen molar-refractivity contribution in [3.63, 3.8) is 0 Å². The molecule has 0 amide bonds. The lowest BCUT2D eigenvalue weighted by atomic mass is 9.89. The third kappa shape index (κ3) is 4.17. The van der Waals surface area contributed by atoms with Crippen molar-refractivity contribution in [3.8, 4) is 0 Å². The van der Waals surface area contributed by atoms with E-state index in [0.717, 1.165) is 45.2 Å².